The average molecular weight is 198 g/mol. The normalized spacial score (nSPS) is 18.5. The van der Waals surface area contributed by atoms with Gasteiger partial charge in [0.15, 0.2) is 0 Å². The number of amides is 1. The van der Waals surface area contributed by atoms with Crippen molar-refractivity contribution < 1.29 is 4.79 Å². The van der Waals surface area contributed by atoms with Crippen LogP contribution in [0.5, 0.6) is 0 Å². The van der Waals surface area contributed by atoms with E-state index >= 15 is 0 Å². The summed E-state index contributed by atoms with van der Waals surface area (Å²) in [5.74, 6) is 0.784. The average Bonchev–Trinajstić information content (AvgIpc) is 2.55. The zero-order chi connectivity index (χ0) is 10.6. The summed E-state index contributed by atoms with van der Waals surface area (Å²) in [7, 11) is 0. The number of rotatable bonds is 4. The minimum Gasteiger partial charge on any atom is -0.355 e. The summed E-state index contributed by atoms with van der Waals surface area (Å²) in [5, 5.41) is 2.89. The van der Waals surface area contributed by atoms with E-state index in [0.29, 0.717) is 0 Å². The summed E-state index contributed by atoms with van der Waals surface area (Å²) >= 11 is 0. The van der Waals surface area contributed by atoms with Gasteiger partial charge < -0.3 is 11.1 Å². The molecule has 0 heterocycles. The van der Waals surface area contributed by atoms with Gasteiger partial charge in [-0.15, -0.1) is 0 Å². The van der Waals surface area contributed by atoms with Crippen molar-refractivity contribution in [1.29, 1.82) is 0 Å². The van der Waals surface area contributed by atoms with E-state index in [4.69, 9.17) is 5.73 Å². The van der Waals surface area contributed by atoms with Crippen LogP contribution in [0.15, 0.2) is 0 Å². The molecule has 1 fully saturated rings. The highest BCUT2D eigenvalue weighted by Crippen LogP contribution is 2.26. The molecule has 0 radical (unpaired) electrons. The summed E-state index contributed by atoms with van der Waals surface area (Å²) in [5.41, 5.74) is 4.92. The monoisotopic (exact) mass is 198 g/mol. The van der Waals surface area contributed by atoms with Crippen molar-refractivity contribution in [3.63, 3.8) is 0 Å². The lowest BCUT2D eigenvalue weighted by Gasteiger charge is -2.18. The largest absolute Gasteiger partial charge is 0.355 e. The fourth-order valence-corrected chi connectivity index (χ4v) is 1.92. The van der Waals surface area contributed by atoms with Crippen molar-refractivity contribution in [2.75, 3.05) is 6.54 Å². The standard InChI is InChI=1S/C11H22N2O/c1-11(2,12)10(14)13-8-7-9-5-3-4-6-9/h9H,3-8,12H2,1-2H3,(H,13,14). The second-order valence-electron chi connectivity index (χ2n) is 4.92. The molecule has 82 valence electrons. The SMILES string of the molecule is CC(C)(N)C(=O)NCCC1CCCC1. The summed E-state index contributed by atoms with van der Waals surface area (Å²) in [6, 6.07) is 0. The topological polar surface area (TPSA) is 55.1 Å². The third-order valence-corrected chi connectivity index (χ3v) is 2.90. The molecule has 0 saturated heterocycles. The molecule has 0 unspecified atom stereocenters. The van der Waals surface area contributed by atoms with Crippen molar-refractivity contribution >= 4 is 5.91 Å². The zero-order valence-corrected chi connectivity index (χ0v) is 9.31. The molecule has 0 spiro atoms. The first-order valence-corrected chi connectivity index (χ1v) is 5.57. The van der Waals surface area contributed by atoms with Crippen molar-refractivity contribution in [2.45, 2.75) is 51.5 Å². The van der Waals surface area contributed by atoms with Crippen LogP contribution in [-0.4, -0.2) is 18.0 Å². The van der Waals surface area contributed by atoms with Gasteiger partial charge in [0.05, 0.1) is 5.54 Å². The van der Waals surface area contributed by atoms with E-state index < -0.39 is 5.54 Å². The van der Waals surface area contributed by atoms with Gasteiger partial charge in [-0.05, 0) is 26.2 Å². The number of carbonyl (C=O) groups excluding carboxylic acids is 1. The van der Waals surface area contributed by atoms with Crippen LogP contribution in [0.25, 0.3) is 0 Å². The number of nitrogens with one attached hydrogen (secondary N) is 1. The van der Waals surface area contributed by atoms with E-state index in [0.717, 1.165) is 18.9 Å². The van der Waals surface area contributed by atoms with E-state index in [-0.39, 0.29) is 5.91 Å². The Hall–Kier alpha value is -0.570. The molecule has 0 aromatic carbocycles. The molecule has 0 aromatic heterocycles. The maximum atomic E-state index is 11.4. The quantitative estimate of drug-likeness (QED) is 0.718. The molecule has 14 heavy (non-hydrogen) atoms. The Morgan fingerprint density at radius 2 is 2.00 bits per heavy atom. The molecule has 0 bridgehead atoms. The Balaban J connectivity index is 2.11. The summed E-state index contributed by atoms with van der Waals surface area (Å²) in [6.07, 6.45) is 6.51. The van der Waals surface area contributed by atoms with Crippen molar-refractivity contribution in [1.82, 2.24) is 5.32 Å². The van der Waals surface area contributed by atoms with Crippen LogP contribution >= 0.6 is 0 Å². The van der Waals surface area contributed by atoms with E-state index in [1.54, 1.807) is 13.8 Å². The minimum atomic E-state index is -0.740. The van der Waals surface area contributed by atoms with Crippen LogP contribution in [0.4, 0.5) is 0 Å². The molecule has 1 rings (SSSR count). The van der Waals surface area contributed by atoms with Gasteiger partial charge in [-0.25, -0.2) is 0 Å². The van der Waals surface area contributed by atoms with Crippen molar-refractivity contribution in [3.05, 3.63) is 0 Å². The Labute approximate surface area is 86.4 Å². The fourth-order valence-electron chi connectivity index (χ4n) is 1.92. The van der Waals surface area contributed by atoms with Crippen LogP contribution in [0.1, 0.15) is 46.0 Å². The Morgan fingerprint density at radius 3 is 2.50 bits per heavy atom. The van der Waals surface area contributed by atoms with Gasteiger partial charge in [-0.1, -0.05) is 25.7 Å². The van der Waals surface area contributed by atoms with Crippen molar-refractivity contribution in [2.24, 2.45) is 11.7 Å². The predicted molar refractivity (Wildman–Crippen MR) is 57.9 cm³/mol. The van der Waals surface area contributed by atoms with Crippen LogP contribution in [-0.2, 0) is 4.79 Å². The third kappa shape index (κ3) is 3.66. The van der Waals surface area contributed by atoms with Gasteiger partial charge in [0.25, 0.3) is 0 Å². The highest BCUT2D eigenvalue weighted by molar-refractivity contribution is 5.84. The molecule has 1 aliphatic carbocycles. The number of carbonyl (C=O) groups is 1. The lowest BCUT2D eigenvalue weighted by Crippen LogP contribution is -2.49. The van der Waals surface area contributed by atoms with E-state index in [2.05, 4.69) is 5.32 Å². The predicted octanol–water partition coefficient (Wildman–Crippen LogP) is 1.42. The Morgan fingerprint density at radius 1 is 1.43 bits per heavy atom. The molecular weight excluding hydrogens is 176 g/mol. The summed E-state index contributed by atoms with van der Waals surface area (Å²) in [4.78, 5) is 11.4. The van der Waals surface area contributed by atoms with Crippen LogP contribution in [0.2, 0.25) is 0 Å². The Kier molecular flexibility index (Phi) is 3.93. The Bertz CT molecular complexity index is 190. The van der Waals surface area contributed by atoms with Crippen molar-refractivity contribution in [3.8, 4) is 0 Å². The van der Waals surface area contributed by atoms with Gasteiger partial charge >= 0.3 is 0 Å². The maximum absolute atomic E-state index is 11.4. The minimum absolute atomic E-state index is 0.0458. The highest BCUT2D eigenvalue weighted by atomic mass is 16.2. The van der Waals surface area contributed by atoms with Gasteiger partial charge in [0, 0.05) is 6.54 Å². The first-order chi connectivity index (χ1) is 6.50. The lowest BCUT2D eigenvalue weighted by molar-refractivity contribution is -0.125. The first-order valence-electron chi connectivity index (χ1n) is 5.57. The second-order valence-corrected chi connectivity index (χ2v) is 4.92. The van der Waals surface area contributed by atoms with E-state index in [1.807, 2.05) is 0 Å². The van der Waals surface area contributed by atoms with Gasteiger partial charge in [0.1, 0.15) is 0 Å². The molecule has 0 aromatic rings. The van der Waals surface area contributed by atoms with Gasteiger partial charge in [-0.2, -0.15) is 0 Å². The number of hydrogen-bond acceptors (Lipinski definition) is 2. The number of nitrogens with two attached hydrogens (primary N) is 1. The summed E-state index contributed by atoms with van der Waals surface area (Å²) in [6.45, 7) is 4.25. The van der Waals surface area contributed by atoms with Crippen LogP contribution in [0.3, 0.4) is 0 Å². The fraction of sp³-hybridized carbons (Fsp3) is 0.909. The molecule has 1 saturated carbocycles. The van der Waals surface area contributed by atoms with Crippen LogP contribution < -0.4 is 11.1 Å². The molecular formula is C11H22N2O. The molecule has 3 heteroatoms. The van der Waals surface area contributed by atoms with Gasteiger partial charge in [-0.3, -0.25) is 4.79 Å². The lowest BCUT2D eigenvalue weighted by atomic mass is 10.0. The second kappa shape index (κ2) is 4.78. The highest BCUT2D eigenvalue weighted by Gasteiger charge is 2.21. The molecule has 0 atom stereocenters. The third-order valence-electron chi connectivity index (χ3n) is 2.90. The zero-order valence-electron chi connectivity index (χ0n) is 9.31. The summed E-state index contributed by atoms with van der Waals surface area (Å²) < 4.78 is 0. The first kappa shape index (κ1) is 11.5. The smallest absolute Gasteiger partial charge is 0.239 e. The maximum Gasteiger partial charge on any atom is 0.239 e. The van der Waals surface area contributed by atoms with E-state index in [1.165, 1.54) is 25.7 Å². The van der Waals surface area contributed by atoms with Gasteiger partial charge in [0.2, 0.25) is 5.91 Å². The molecule has 3 N–H and O–H groups in total. The van der Waals surface area contributed by atoms with Crippen LogP contribution in [0, 0.1) is 5.92 Å². The molecule has 1 aliphatic rings. The van der Waals surface area contributed by atoms with E-state index in [9.17, 15) is 4.79 Å². The number of hydrogen-bond donors (Lipinski definition) is 2. The molecule has 1 amide bonds. The molecule has 3 nitrogen and oxygen atoms in total. The molecule has 0 aliphatic heterocycles.